The second-order valence-electron chi connectivity index (χ2n) is 4.74. The van der Waals surface area contributed by atoms with Crippen molar-refractivity contribution in [3.63, 3.8) is 0 Å². The smallest absolute Gasteiger partial charge is 0.251 e. The Morgan fingerprint density at radius 1 is 1.29 bits per heavy atom. The number of benzene rings is 1. The molecule has 106 valence electrons. The van der Waals surface area contributed by atoms with Crippen molar-refractivity contribution in [1.82, 2.24) is 14.7 Å². The van der Waals surface area contributed by atoms with Crippen LogP contribution in [0.4, 0.5) is 0 Å². The first-order valence-corrected chi connectivity index (χ1v) is 7.05. The SMILES string of the molecule is O=C(NCCc1ccccc1Cl)c1ccn2cncc2c1. The number of amides is 1. The monoisotopic (exact) mass is 299 g/mol. The molecule has 1 N–H and O–H groups in total. The molecule has 0 aliphatic carbocycles. The van der Waals surface area contributed by atoms with Gasteiger partial charge in [-0.3, -0.25) is 4.79 Å². The number of hydrogen-bond donors (Lipinski definition) is 1. The molecule has 3 aromatic rings. The van der Waals surface area contributed by atoms with Gasteiger partial charge in [0, 0.05) is 23.3 Å². The molecule has 5 heteroatoms. The van der Waals surface area contributed by atoms with Crippen LogP contribution in [0.1, 0.15) is 15.9 Å². The van der Waals surface area contributed by atoms with Gasteiger partial charge in [0.1, 0.15) is 0 Å². The van der Waals surface area contributed by atoms with E-state index in [1.807, 2.05) is 40.9 Å². The van der Waals surface area contributed by atoms with E-state index in [-0.39, 0.29) is 5.91 Å². The summed E-state index contributed by atoms with van der Waals surface area (Å²) in [5, 5.41) is 3.63. The predicted molar refractivity (Wildman–Crippen MR) is 82.7 cm³/mol. The summed E-state index contributed by atoms with van der Waals surface area (Å²) in [6, 6.07) is 11.2. The van der Waals surface area contributed by atoms with Gasteiger partial charge in [0.2, 0.25) is 0 Å². The van der Waals surface area contributed by atoms with E-state index < -0.39 is 0 Å². The van der Waals surface area contributed by atoms with Crippen LogP contribution in [0.5, 0.6) is 0 Å². The number of nitrogens with zero attached hydrogens (tertiary/aromatic N) is 2. The highest BCUT2D eigenvalue weighted by Gasteiger charge is 2.06. The Bertz CT molecular complexity index is 782. The number of nitrogens with one attached hydrogen (secondary N) is 1. The molecule has 21 heavy (non-hydrogen) atoms. The number of halogens is 1. The van der Waals surface area contributed by atoms with E-state index in [1.54, 1.807) is 18.6 Å². The van der Waals surface area contributed by atoms with Crippen LogP contribution in [0.2, 0.25) is 5.02 Å². The molecule has 0 unspecified atom stereocenters. The highest BCUT2D eigenvalue weighted by atomic mass is 35.5. The number of rotatable bonds is 4. The molecule has 2 aromatic heterocycles. The van der Waals surface area contributed by atoms with E-state index in [9.17, 15) is 4.79 Å². The molecular weight excluding hydrogens is 286 g/mol. The average Bonchev–Trinajstić information content (AvgIpc) is 2.96. The van der Waals surface area contributed by atoms with Crippen LogP contribution in [-0.2, 0) is 6.42 Å². The summed E-state index contributed by atoms with van der Waals surface area (Å²) < 4.78 is 1.86. The zero-order valence-corrected chi connectivity index (χ0v) is 12.0. The summed E-state index contributed by atoms with van der Waals surface area (Å²) in [5.41, 5.74) is 2.56. The average molecular weight is 300 g/mol. The van der Waals surface area contributed by atoms with Gasteiger partial charge in [-0.1, -0.05) is 29.8 Å². The maximum absolute atomic E-state index is 12.1. The standard InChI is InChI=1S/C16H14ClN3O/c17-15-4-2-1-3-12(15)5-7-19-16(21)13-6-8-20-11-18-10-14(20)9-13/h1-4,6,8-11H,5,7H2,(H,19,21). The number of imidazole rings is 1. The lowest BCUT2D eigenvalue weighted by Crippen LogP contribution is -2.25. The molecule has 1 amide bonds. The third-order valence-electron chi connectivity index (χ3n) is 3.31. The van der Waals surface area contributed by atoms with Gasteiger partial charge >= 0.3 is 0 Å². The Labute approximate surface area is 127 Å². The van der Waals surface area contributed by atoms with E-state index in [0.29, 0.717) is 18.5 Å². The quantitative estimate of drug-likeness (QED) is 0.805. The second-order valence-corrected chi connectivity index (χ2v) is 5.15. The number of carbonyl (C=O) groups is 1. The minimum absolute atomic E-state index is 0.0919. The maximum Gasteiger partial charge on any atom is 0.251 e. The molecule has 3 rings (SSSR count). The fourth-order valence-electron chi connectivity index (χ4n) is 2.17. The zero-order valence-electron chi connectivity index (χ0n) is 11.3. The summed E-state index contributed by atoms with van der Waals surface area (Å²) in [6.07, 6.45) is 5.96. The van der Waals surface area contributed by atoms with Crippen molar-refractivity contribution in [3.05, 3.63) is 71.3 Å². The second kappa shape index (κ2) is 5.97. The molecule has 1 aromatic carbocycles. The van der Waals surface area contributed by atoms with Gasteiger partial charge in [0.05, 0.1) is 18.0 Å². The Balaban J connectivity index is 1.62. The lowest BCUT2D eigenvalue weighted by atomic mass is 10.1. The third-order valence-corrected chi connectivity index (χ3v) is 3.68. The summed E-state index contributed by atoms with van der Waals surface area (Å²) in [5.74, 6) is -0.0919. The predicted octanol–water partition coefficient (Wildman–Crippen LogP) is 2.96. The lowest BCUT2D eigenvalue weighted by Gasteiger charge is -2.07. The van der Waals surface area contributed by atoms with E-state index in [2.05, 4.69) is 10.3 Å². The van der Waals surface area contributed by atoms with Crippen LogP contribution in [0.3, 0.4) is 0 Å². The summed E-state index contributed by atoms with van der Waals surface area (Å²) >= 11 is 6.09. The summed E-state index contributed by atoms with van der Waals surface area (Å²) in [4.78, 5) is 16.1. The van der Waals surface area contributed by atoms with Gasteiger partial charge in [-0.2, -0.15) is 0 Å². The van der Waals surface area contributed by atoms with E-state index >= 15 is 0 Å². The molecular formula is C16H14ClN3O. The van der Waals surface area contributed by atoms with Gasteiger partial charge in [-0.15, -0.1) is 0 Å². The molecule has 0 radical (unpaired) electrons. The van der Waals surface area contributed by atoms with E-state index in [4.69, 9.17) is 11.6 Å². The van der Waals surface area contributed by atoms with Crippen molar-refractivity contribution in [2.75, 3.05) is 6.54 Å². The fraction of sp³-hybridized carbons (Fsp3) is 0.125. The van der Waals surface area contributed by atoms with Gasteiger partial charge in [-0.25, -0.2) is 4.98 Å². The zero-order chi connectivity index (χ0) is 14.7. The number of hydrogen-bond acceptors (Lipinski definition) is 2. The van der Waals surface area contributed by atoms with Crippen LogP contribution in [0.25, 0.3) is 5.52 Å². The van der Waals surface area contributed by atoms with Crippen molar-refractivity contribution in [2.24, 2.45) is 0 Å². The molecule has 0 aliphatic heterocycles. The van der Waals surface area contributed by atoms with Crippen molar-refractivity contribution < 1.29 is 4.79 Å². The van der Waals surface area contributed by atoms with Crippen LogP contribution in [0.15, 0.2) is 55.1 Å². The van der Waals surface area contributed by atoms with Crippen LogP contribution < -0.4 is 5.32 Å². The van der Waals surface area contributed by atoms with Gasteiger partial charge in [0.15, 0.2) is 0 Å². The molecule has 2 heterocycles. The Morgan fingerprint density at radius 3 is 3.00 bits per heavy atom. The molecule has 0 saturated heterocycles. The van der Waals surface area contributed by atoms with Crippen LogP contribution >= 0.6 is 11.6 Å². The van der Waals surface area contributed by atoms with Gasteiger partial charge < -0.3 is 9.72 Å². The third kappa shape index (κ3) is 3.06. The van der Waals surface area contributed by atoms with E-state index in [1.165, 1.54) is 0 Å². The molecule has 0 aliphatic rings. The van der Waals surface area contributed by atoms with Crippen molar-refractivity contribution in [1.29, 1.82) is 0 Å². The highest BCUT2D eigenvalue weighted by Crippen LogP contribution is 2.15. The number of fused-ring (bicyclic) bond motifs is 1. The largest absolute Gasteiger partial charge is 0.352 e. The highest BCUT2D eigenvalue weighted by molar-refractivity contribution is 6.31. The topological polar surface area (TPSA) is 46.4 Å². The minimum atomic E-state index is -0.0919. The normalized spacial score (nSPS) is 10.7. The first kappa shape index (κ1) is 13.6. The summed E-state index contributed by atoms with van der Waals surface area (Å²) in [7, 11) is 0. The number of aromatic nitrogens is 2. The maximum atomic E-state index is 12.1. The molecule has 0 atom stereocenters. The Kier molecular flexibility index (Phi) is 3.88. The van der Waals surface area contributed by atoms with Gasteiger partial charge in [-0.05, 0) is 30.2 Å². The number of carbonyl (C=O) groups excluding carboxylic acids is 1. The lowest BCUT2D eigenvalue weighted by molar-refractivity contribution is 0.0954. The fourth-order valence-corrected chi connectivity index (χ4v) is 2.40. The molecule has 0 saturated carbocycles. The molecule has 0 bridgehead atoms. The van der Waals surface area contributed by atoms with Crippen LogP contribution in [-0.4, -0.2) is 21.8 Å². The van der Waals surface area contributed by atoms with E-state index in [0.717, 1.165) is 16.1 Å². The van der Waals surface area contributed by atoms with Crippen LogP contribution in [0, 0.1) is 0 Å². The van der Waals surface area contributed by atoms with Crippen molar-refractivity contribution >= 4 is 23.0 Å². The van der Waals surface area contributed by atoms with Crippen molar-refractivity contribution in [2.45, 2.75) is 6.42 Å². The van der Waals surface area contributed by atoms with Crippen molar-refractivity contribution in [3.8, 4) is 0 Å². The first-order valence-electron chi connectivity index (χ1n) is 6.67. The molecule has 4 nitrogen and oxygen atoms in total. The molecule has 0 fully saturated rings. The van der Waals surface area contributed by atoms with Gasteiger partial charge in [0.25, 0.3) is 5.91 Å². The molecule has 0 spiro atoms. The number of pyridine rings is 1. The Hall–Kier alpha value is -2.33. The first-order chi connectivity index (χ1) is 10.2. The Morgan fingerprint density at radius 2 is 2.14 bits per heavy atom. The minimum Gasteiger partial charge on any atom is -0.352 e. The summed E-state index contributed by atoms with van der Waals surface area (Å²) in [6.45, 7) is 0.549.